The molecule has 0 aromatic heterocycles. The summed E-state index contributed by atoms with van der Waals surface area (Å²) in [5.74, 6) is -0.0625. The number of allylic oxidation sites excluding steroid dienone is 3. The molecule has 0 saturated heterocycles. The van der Waals surface area contributed by atoms with Crippen molar-refractivity contribution in [1.29, 1.82) is 0 Å². The van der Waals surface area contributed by atoms with Crippen LogP contribution in [0.1, 0.15) is 37.7 Å². The van der Waals surface area contributed by atoms with Crippen LogP contribution in [0.5, 0.6) is 5.75 Å². The summed E-state index contributed by atoms with van der Waals surface area (Å²) >= 11 is 3.51. The second-order valence-electron chi connectivity index (χ2n) is 7.62. The van der Waals surface area contributed by atoms with E-state index in [2.05, 4.69) is 21.2 Å². The fourth-order valence-electron chi connectivity index (χ4n) is 4.16. The van der Waals surface area contributed by atoms with Crippen LogP contribution in [0.3, 0.4) is 0 Å². The van der Waals surface area contributed by atoms with Crippen molar-refractivity contribution in [3.63, 3.8) is 0 Å². The molecule has 0 radical (unpaired) electrons. The number of carbonyl (C=O) groups excluding carboxylic acids is 2. The lowest BCUT2D eigenvalue weighted by Crippen LogP contribution is -2.34. The van der Waals surface area contributed by atoms with Crippen LogP contribution in [-0.4, -0.2) is 25.0 Å². The molecule has 1 N–H and O–H groups in total. The highest BCUT2D eigenvalue weighted by Gasteiger charge is 2.39. The van der Waals surface area contributed by atoms with Crippen LogP contribution < -0.4 is 10.1 Å². The molecule has 0 unspecified atom stereocenters. The van der Waals surface area contributed by atoms with E-state index in [0.717, 1.165) is 40.0 Å². The standard InChI is InChI=1S/C25H24BrNO4/c1-16-22(25(29)31-14-13-30-19-9-3-2-4-10-19)23(17-7-5-8-18(26)15-17)24-20(27-16)11-6-12-21(24)28/h2-5,7-10,15,23,27H,6,11-14H2,1H3/t23-/m1/s1. The number of para-hydroxylation sites is 1. The zero-order valence-corrected chi connectivity index (χ0v) is 18.9. The Labute approximate surface area is 190 Å². The molecule has 2 aromatic rings. The molecule has 0 bridgehead atoms. The molecule has 0 saturated carbocycles. The van der Waals surface area contributed by atoms with Gasteiger partial charge in [0.2, 0.25) is 0 Å². The molecular formula is C25H24BrNO4. The maximum atomic E-state index is 13.1. The largest absolute Gasteiger partial charge is 0.490 e. The van der Waals surface area contributed by atoms with Crippen molar-refractivity contribution in [1.82, 2.24) is 5.32 Å². The number of hydrogen-bond donors (Lipinski definition) is 1. The summed E-state index contributed by atoms with van der Waals surface area (Å²) in [7, 11) is 0. The van der Waals surface area contributed by atoms with Crippen molar-refractivity contribution < 1.29 is 19.1 Å². The quantitative estimate of drug-likeness (QED) is 0.462. The average Bonchev–Trinajstić information content (AvgIpc) is 2.76. The first-order valence-electron chi connectivity index (χ1n) is 10.4. The zero-order chi connectivity index (χ0) is 21.8. The maximum absolute atomic E-state index is 13.1. The monoisotopic (exact) mass is 481 g/mol. The number of benzene rings is 2. The highest BCUT2D eigenvalue weighted by molar-refractivity contribution is 9.10. The number of Topliss-reactive ketones (excluding diaryl/α,β-unsaturated/α-hetero) is 1. The second kappa shape index (κ2) is 9.52. The van der Waals surface area contributed by atoms with E-state index in [4.69, 9.17) is 9.47 Å². The molecule has 6 heteroatoms. The minimum atomic E-state index is -0.441. The number of hydrogen-bond acceptors (Lipinski definition) is 5. The number of carbonyl (C=O) groups is 2. The Morgan fingerprint density at radius 1 is 1.10 bits per heavy atom. The van der Waals surface area contributed by atoms with Crippen molar-refractivity contribution >= 4 is 27.7 Å². The molecule has 31 heavy (non-hydrogen) atoms. The predicted molar refractivity (Wildman–Crippen MR) is 121 cm³/mol. The van der Waals surface area contributed by atoms with Gasteiger partial charge in [-0.25, -0.2) is 4.79 Å². The lowest BCUT2D eigenvalue weighted by molar-refractivity contribution is -0.140. The van der Waals surface area contributed by atoms with E-state index >= 15 is 0 Å². The van der Waals surface area contributed by atoms with Crippen LogP contribution in [0.15, 0.2) is 81.6 Å². The third-order valence-electron chi connectivity index (χ3n) is 5.51. The first-order chi connectivity index (χ1) is 15.0. The number of ketones is 1. The van der Waals surface area contributed by atoms with Crippen LogP contribution in [0, 0.1) is 0 Å². The van der Waals surface area contributed by atoms with Gasteiger partial charge in [0.25, 0.3) is 0 Å². The number of ether oxygens (including phenoxy) is 2. The Morgan fingerprint density at radius 2 is 1.90 bits per heavy atom. The molecule has 1 aliphatic carbocycles. The van der Waals surface area contributed by atoms with Gasteiger partial charge in [0.05, 0.1) is 5.57 Å². The Kier molecular flexibility index (Phi) is 6.56. The molecule has 5 nitrogen and oxygen atoms in total. The molecule has 0 fully saturated rings. The number of halogens is 1. The van der Waals surface area contributed by atoms with Crippen molar-refractivity contribution in [3.05, 3.63) is 87.2 Å². The SMILES string of the molecule is CC1=C(C(=O)OCCOc2ccccc2)[C@@H](c2cccc(Br)c2)C2=C(CCCC2=O)N1. The third kappa shape index (κ3) is 4.74. The number of dihydropyridines is 1. The summed E-state index contributed by atoms with van der Waals surface area (Å²) in [4.78, 5) is 26.0. The van der Waals surface area contributed by atoms with Gasteiger partial charge < -0.3 is 14.8 Å². The van der Waals surface area contributed by atoms with Crippen molar-refractivity contribution in [3.8, 4) is 5.75 Å². The maximum Gasteiger partial charge on any atom is 0.336 e. The predicted octanol–water partition coefficient (Wildman–Crippen LogP) is 5.04. The second-order valence-corrected chi connectivity index (χ2v) is 8.53. The summed E-state index contributed by atoms with van der Waals surface area (Å²) in [6.07, 6.45) is 2.12. The molecule has 1 aliphatic heterocycles. The normalized spacial score (nSPS) is 18.4. The molecule has 2 aromatic carbocycles. The van der Waals surface area contributed by atoms with Crippen LogP contribution in [-0.2, 0) is 14.3 Å². The van der Waals surface area contributed by atoms with Gasteiger partial charge in [-0.05, 0) is 49.6 Å². The van der Waals surface area contributed by atoms with Crippen LogP contribution in [0.25, 0.3) is 0 Å². The minimum absolute atomic E-state index is 0.0870. The van der Waals surface area contributed by atoms with E-state index in [1.165, 1.54) is 0 Å². The van der Waals surface area contributed by atoms with E-state index in [9.17, 15) is 9.59 Å². The fourth-order valence-corrected chi connectivity index (χ4v) is 4.58. The summed E-state index contributed by atoms with van der Waals surface area (Å²) in [5, 5.41) is 3.30. The van der Waals surface area contributed by atoms with Gasteiger partial charge in [0.1, 0.15) is 19.0 Å². The Hall–Kier alpha value is -2.86. The highest BCUT2D eigenvalue weighted by atomic mass is 79.9. The van der Waals surface area contributed by atoms with Crippen LogP contribution >= 0.6 is 15.9 Å². The van der Waals surface area contributed by atoms with Gasteiger partial charge in [0.15, 0.2) is 5.78 Å². The molecule has 1 atom stereocenters. The van der Waals surface area contributed by atoms with Gasteiger partial charge in [-0.1, -0.05) is 46.3 Å². The Morgan fingerprint density at radius 3 is 2.68 bits per heavy atom. The smallest absolute Gasteiger partial charge is 0.336 e. The van der Waals surface area contributed by atoms with E-state index in [1.54, 1.807) is 0 Å². The fraction of sp³-hybridized carbons (Fsp3) is 0.280. The summed E-state index contributed by atoms with van der Waals surface area (Å²) < 4.78 is 12.1. The van der Waals surface area contributed by atoms with Gasteiger partial charge >= 0.3 is 5.97 Å². The zero-order valence-electron chi connectivity index (χ0n) is 17.3. The Balaban J connectivity index is 1.56. The number of rotatable bonds is 6. The van der Waals surface area contributed by atoms with E-state index < -0.39 is 11.9 Å². The lowest BCUT2D eigenvalue weighted by atomic mass is 9.75. The Bertz CT molecular complexity index is 1060. The molecule has 0 amide bonds. The summed E-state index contributed by atoms with van der Waals surface area (Å²) in [6, 6.07) is 17.1. The van der Waals surface area contributed by atoms with E-state index in [0.29, 0.717) is 17.6 Å². The van der Waals surface area contributed by atoms with Gasteiger partial charge in [-0.15, -0.1) is 0 Å². The van der Waals surface area contributed by atoms with E-state index in [-0.39, 0.29) is 19.0 Å². The first kappa shape index (κ1) is 21.4. The third-order valence-corrected chi connectivity index (χ3v) is 6.00. The molecular weight excluding hydrogens is 458 g/mol. The van der Waals surface area contributed by atoms with Gasteiger partial charge in [0, 0.05) is 33.8 Å². The molecule has 1 heterocycles. The van der Waals surface area contributed by atoms with Gasteiger partial charge in [-0.2, -0.15) is 0 Å². The minimum Gasteiger partial charge on any atom is -0.490 e. The molecule has 0 spiro atoms. The average molecular weight is 482 g/mol. The first-order valence-corrected chi connectivity index (χ1v) is 11.2. The summed E-state index contributed by atoms with van der Waals surface area (Å²) in [6.45, 7) is 2.24. The van der Waals surface area contributed by atoms with Crippen LogP contribution in [0.4, 0.5) is 0 Å². The van der Waals surface area contributed by atoms with Gasteiger partial charge in [-0.3, -0.25) is 4.79 Å². The molecule has 4 rings (SSSR count). The topological polar surface area (TPSA) is 64.6 Å². The summed E-state index contributed by atoms with van der Waals surface area (Å²) in [5.41, 5.74) is 3.70. The molecule has 2 aliphatic rings. The van der Waals surface area contributed by atoms with Crippen molar-refractivity contribution in [2.75, 3.05) is 13.2 Å². The van der Waals surface area contributed by atoms with E-state index in [1.807, 2.05) is 61.5 Å². The number of nitrogens with one attached hydrogen (secondary N) is 1. The highest BCUT2D eigenvalue weighted by Crippen LogP contribution is 2.42. The van der Waals surface area contributed by atoms with Crippen molar-refractivity contribution in [2.24, 2.45) is 0 Å². The van der Waals surface area contributed by atoms with Crippen molar-refractivity contribution in [2.45, 2.75) is 32.1 Å². The number of esters is 1. The lowest BCUT2D eigenvalue weighted by Gasteiger charge is -2.34. The van der Waals surface area contributed by atoms with Crippen LogP contribution in [0.2, 0.25) is 0 Å². The molecule has 160 valence electrons.